The third kappa shape index (κ3) is 6.99. The van der Waals surface area contributed by atoms with Crippen LogP contribution in [0, 0.1) is 5.82 Å². The molecular formula is C41H40F4N8O4S. The lowest BCUT2D eigenvalue weighted by Gasteiger charge is -2.30. The SMILES string of the molecule is CCC(NC(=O)OC)C(=O)N1CCCC1c1ncc(-c2cc(F)c3c(c2)OC(c2ccc(CC(F)(F)F)s2)n2c-3cc3cc(-c4cnc(C5CCCN5)[nH]4)ccc32)[nH]1. The van der Waals surface area contributed by atoms with E-state index in [2.05, 4.69) is 30.6 Å². The minimum Gasteiger partial charge on any atom is -0.464 e. The molecular weight excluding hydrogens is 777 g/mol. The molecule has 2 fully saturated rings. The zero-order valence-corrected chi connectivity index (χ0v) is 32.4. The summed E-state index contributed by atoms with van der Waals surface area (Å²) >= 11 is 1.01. The van der Waals surface area contributed by atoms with Crippen molar-refractivity contribution in [2.24, 2.45) is 0 Å². The van der Waals surface area contributed by atoms with Crippen LogP contribution in [0.3, 0.4) is 0 Å². The number of carbonyl (C=O) groups is 2. The summed E-state index contributed by atoms with van der Waals surface area (Å²) in [6, 6.07) is 12.9. The first kappa shape index (κ1) is 37.9. The molecule has 3 aliphatic heterocycles. The van der Waals surface area contributed by atoms with Crippen molar-refractivity contribution in [1.82, 2.24) is 40.0 Å². The summed E-state index contributed by atoms with van der Waals surface area (Å²) in [4.78, 5) is 43.7. The fourth-order valence-electron chi connectivity index (χ4n) is 8.39. The van der Waals surface area contributed by atoms with Gasteiger partial charge in [-0.25, -0.2) is 19.2 Å². The summed E-state index contributed by atoms with van der Waals surface area (Å²) < 4.78 is 70.1. The molecule has 4 N–H and O–H groups in total. The van der Waals surface area contributed by atoms with E-state index in [1.54, 1.807) is 36.4 Å². The van der Waals surface area contributed by atoms with E-state index < -0.39 is 42.8 Å². The highest BCUT2D eigenvalue weighted by molar-refractivity contribution is 7.12. The van der Waals surface area contributed by atoms with Gasteiger partial charge in [0.2, 0.25) is 12.1 Å². The molecule has 17 heteroatoms. The van der Waals surface area contributed by atoms with Gasteiger partial charge in [-0.3, -0.25) is 9.36 Å². The Morgan fingerprint density at radius 2 is 1.81 bits per heavy atom. The number of hydrogen-bond donors (Lipinski definition) is 4. The molecule has 2 amide bonds. The fourth-order valence-corrected chi connectivity index (χ4v) is 9.46. The van der Waals surface area contributed by atoms with E-state index >= 15 is 4.39 Å². The highest BCUT2D eigenvalue weighted by atomic mass is 32.1. The second-order valence-electron chi connectivity index (χ2n) is 14.9. The van der Waals surface area contributed by atoms with E-state index in [1.807, 2.05) is 28.8 Å². The molecule has 2 aromatic carbocycles. The lowest BCUT2D eigenvalue weighted by atomic mass is 10.0. The summed E-state index contributed by atoms with van der Waals surface area (Å²) in [5.41, 5.74) is 4.10. The molecule has 0 aliphatic carbocycles. The molecule has 4 aromatic heterocycles. The molecule has 0 bridgehead atoms. The van der Waals surface area contributed by atoms with Gasteiger partial charge in [0, 0.05) is 27.9 Å². The first-order valence-corrected chi connectivity index (χ1v) is 20.1. The van der Waals surface area contributed by atoms with Gasteiger partial charge in [-0.15, -0.1) is 11.3 Å². The zero-order chi connectivity index (χ0) is 40.3. The Kier molecular flexibility index (Phi) is 9.74. The number of likely N-dealkylation sites (tertiary alicyclic amines) is 1. The number of fused-ring (bicyclic) bond motifs is 5. The number of methoxy groups -OCH3 is 1. The molecule has 2 saturated heterocycles. The Bertz CT molecular complexity index is 2520. The normalized spacial score (nSPS) is 19.6. The van der Waals surface area contributed by atoms with Gasteiger partial charge in [0.15, 0.2) is 0 Å². The van der Waals surface area contributed by atoms with Crippen molar-refractivity contribution in [3.63, 3.8) is 0 Å². The Morgan fingerprint density at radius 3 is 2.57 bits per heavy atom. The lowest BCUT2D eigenvalue weighted by molar-refractivity contribution is -0.134. The molecule has 4 unspecified atom stereocenters. The molecule has 3 aliphatic rings. The third-order valence-electron chi connectivity index (χ3n) is 11.2. The number of H-pyrrole nitrogens is 2. The van der Waals surface area contributed by atoms with Gasteiger partial charge in [-0.1, -0.05) is 13.0 Å². The molecule has 4 atom stereocenters. The van der Waals surface area contributed by atoms with Crippen molar-refractivity contribution < 1.29 is 36.6 Å². The van der Waals surface area contributed by atoms with Crippen molar-refractivity contribution >= 4 is 34.2 Å². The van der Waals surface area contributed by atoms with Crippen molar-refractivity contribution in [3.05, 3.63) is 88.1 Å². The van der Waals surface area contributed by atoms with E-state index in [4.69, 9.17) is 9.47 Å². The van der Waals surface area contributed by atoms with Crippen LogP contribution >= 0.6 is 11.3 Å². The van der Waals surface area contributed by atoms with Crippen LogP contribution in [0.15, 0.2) is 60.9 Å². The van der Waals surface area contributed by atoms with Crippen LogP contribution in [0.1, 0.15) is 78.7 Å². The van der Waals surface area contributed by atoms with Crippen LogP contribution in [0.25, 0.3) is 44.7 Å². The molecule has 0 saturated carbocycles. The van der Waals surface area contributed by atoms with Crippen LogP contribution in [0.5, 0.6) is 5.75 Å². The van der Waals surface area contributed by atoms with Gasteiger partial charge in [0.1, 0.15) is 29.3 Å². The number of aromatic nitrogens is 5. The zero-order valence-electron chi connectivity index (χ0n) is 31.6. The number of nitrogens with one attached hydrogen (secondary N) is 4. The van der Waals surface area contributed by atoms with Gasteiger partial charge in [-0.05, 0) is 81.1 Å². The number of amides is 2. The second-order valence-corrected chi connectivity index (χ2v) is 16.1. The van der Waals surface area contributed by atoms with E-state index in [0.29, 0.717) is 47.0 Å². The number of thiophene rings is 1. The molecule has 7 heterocycles. The Balaban J connectivity index is 1.07. The average molecular weight is 817 g/mol. The standard InChI is InChI=1S/C41H40F4N8O4S/c1-3-26(51-40(55)56-2)38(54)52-13-5-7-31(52)37-48-20-29(50-37)22-15-25(42)35-32-16-23-14-21(28-19-47-36(49-28)27-6-4-12-46-27)8-10-30(23)53(32)39(57-33(35)17-22)34-11-9-24(58-34)18-41(43,44)45/h8-11,14-17,19-20,26-27,31,39,46H,3-7,12-13,18H2,1-2H3,(H,47,49)(H,48,50)(H,51,55). The number of imidazole rings is 2. The molecule has 58 heavy (non-hydrogen) atoms. The molecule has 302 valence electrons. The van der Waals surface area contributed by atoms with Gasteiger partial charge in [-0.2, -0.15) is 13.2 Å². The number of aromatic amines is 2. The van der Waals surface area contributed by atoms with E-state index in [-0.39, 0.29) is 28.1 Å². The topological polar surface area (TPSA) is 142 Å². The molecule has 12 nitrogen and oxygen atoms in total. The van der Waals surface area contributed by atoms with Crippen molar-refractivity contribution in [3.8, 4) is 39.5 Å². The number of nitrogens with zero attached hydrogens (tertiary/aromatic N) is 4. The predicted octanol–water partition coefficient (Wildman–Crippen LogP) is 8.56. The summed E-state index contributed by atoms with van der Waals surface area (Å²) in [6.45, 7) is 3.22. The largest absolute Gasteiger partial charge is 0.464 e. The lowest BCUT2D eigenvalue weighted by Crippen LogP contribution is -2.48. The second kappa shape index (κ2) is 14.9. The van der Waals surface area contributed by atoms with Gasteiger partial charge >= 0.3 is 12.3 Å². The quantitative estimate of drug-likeness (QED) is 0.107. The highest BCUT2D eigenvalue weighted by Crippen LogP contribution is 2.48. The van der Waals surface area contributed by atoms with Crippen molar-refractivity contribution in [2.75, 3.05) is 20.2 Å². The Morgan fingerprint density at radius 1 is 1.02 bits per heavy atom. The summed E-state index contributed by atoms with van der Waals surface area (Å²) in [5, 5.41) is 6.84. The van der Waals surface area contributed by atoms with Crippen LogP contribution < -0.4 is 15.4 Å². The smallest absolute Gasteiger partial charge is 0.407 e. The molecule has 6 aromatic rings. The first-order valence-electron chi connectivity index (χ1n) is 19.3. The first-order chi connectivity index (χ1) is 28.0. The fraction of sp³-hybridized carbons (Fsp3) is 0.366. The predicted molar refractivity (Wildman–Crippen MR) is 209 cm³/mol. The number of halogens is 4. The number of ether oxygens (including phenoxy) is 2. The number of alkyl carbamates (subject to hydrolysis) is 1. The average Bonchev–Trinajstić information content (AvgIpc) is 4.05. The van der Waals surface area contributed by atoms with Crippen LogP contribution in [-0.2, 0) is 16.0 Å². The Labute approximate surface area is 334 Å². The van der Waals surface area contributed by atoms with E-state index in [9.17, 15) is 22.8 Å². The number of carbonyl (C=O) groups excluding carboxylic acids is 2. The van der Waals surface area contributed by atoms with E-state index in [1.165, 1.54) is 19.2 Å². The number of benzene rings is 2. The maximum absolute atomic E-state index is 16.6. The third-order valence-corrected chi connectivity index (χ3v) is 12.3. The number of rotatable bonds is 9. The summed E-state index contributed by atoms with van der Waals surface area (Å²) in [6.07, 6.45) is 0.156. The van der Waals surface area contributed by atoms with Gasteiger partial charge in [0.05, 0.1) is 71.0 Å². The van der Waals surface area contributed by atoms with Crippen LogP contribution in [0.2, 0.25) is 0 Å². The van der Waals surface area contributed by atoms with Crippen LogP contribution in [0.4, 0.5) is 22.4 Å². The van der Waals surface area contributed by atoms with Gasteiger partial charge in [0.25, 0.3) is 0 Å². The molecule has 0 spiro atoms. The summed E-state index contributed by atoms with van der Waals surface area (Å²) in [7, 11) is 1.24. The van der Waals surface area contributed by atoms with Crippen molar-refractivity contribution in [1.29, 1.82) is 0 Å². The van der Waals surface area contributed by atoms with Crippen LogP contribution in [-0.4, -0.2) is 73.8 Å². The molecule has 9 rings (SSSR count). The number of alkyl halides is 3. The monoisotopic (exact) mass is 816 g/mol. The maximum Gasteiger partial charge on any atom is 0.407 e. The maximum atomic E-state index is 16.6. The molecule has 0 radical (unpaired) electrons. The Hall–Kier alpha value is -5.68. The van der Waals surface area contributed by atoms with Crippen molar-refractivity contribution in [2.45, 2.75) is 76.0 Å². The number of hydrogen-bond acceptors (Lipinski definition) is 8. The minimum absolute atomic E-state index is 0.139. The highest BCUT2D eigenvalue weighted by Gasteiger charge is 2.37. The van der Waals surface area contributed by atoms with Gasteiger partial charge < -0.3 is 35.0 Å². The summed E-state index contributed by atoms with van der Waals surface area (Å²) in [5.74, 6) is 0.791. The van der Waals surface area contributed by atoms with E-state index in [0.717, 1.165) is 65.1 Å². The minimum atomic E-state index is -4.38.